The van der Waals surface area contributed by atoms with E-state index < -0.39 is 5.91 Å². The molecule has 5 heteroatoms. The molecule has 0 aliphatic carbocycles. The van der Waals surface area contributed by atoms with Crippen molar-refractivity contribution < 1.29 is 9.53 Å². The number of hydrogen-bond donors (Lipinski definition) is 1. The van der Waals surface area contributed by atoms with Crippen molar-refractivity contribution in [2.75, 3.05) is 0 Å². The van der Waals surface area contributed by atoms with Gasteiger partial charge in [-0.1, -0.05) is 11.6 Å². The summed E-state index contributed by atoms with van der Waals surface area (Å²) in [5, 5.41) is 9.29. The number of ether oxygens (including phenoxy) is 1. The molecule has 0 bridgehead atoms. The highest BCUT2D eigenvalue weighted by atomic mass is 35.5. The van der Waals surface area contributed by atoms with E-state index >= 15 is 0 Å². The molecule has 1 aromatic carbocycles. The molecule has 0 heterocycles. The summed E-state index contributed by atoms with van der Waals surface area (Å²) in [4.78, 5) is 11.0. The van der Waals surface area contributed by atoms with Crippen LogP contribution in [0.2, 0.25) is 5.02 Å². The molecular weight excluding hydrogens is 252 g/mol. The third-order valence-corrected chi connectivity index (χ3v) is 2.26. The van der Waals surface area contributed by atoms with E-state index in [1.165, 1.54) is 6.08 Å². The van der Waals surface area contributed by atoms with Crippen LogP contribution in [0.4, 0.5) is 0 Å². The Morgan fingerprint density at radius 1 is 1.56 bits per heavy atom. The molecule has 1 rings (SSSR count). The van der Waals surface area contributed by atoms with Gasteiger partial charge >= 0.3 is 0 Å². The summed E-state index contributed by atoms with van der Waals surface area (Å²) in [6.07, 6.45) is 1.34. The molecule has 18 heavy (non-hydrogen) atoms. The Morgan fingerprint density at radius 2 is 2.22 bits per heavy atom. The zero-order valence-electron chi connectivity index (χ0n) is 10.1. The number of hydrogen-bond acceptors (Lipinski definition) is 3. The van der Waals surface area contributed by atoms with Gasteiger partial charge in [0.1, 0.15) is 17.4 Å². The van der Waals surface area contributed by atoms with E-state index in [2.05, 4.69) is 0 Å². The van der Waals surface area contributed by atoms with Crippen LogP contribution in [-0.2, 0) is 4.79 Å². The lowest BCUT2D eigenvalue weighted by molar-refractivity contribution is -0.114. The summed E-state index contributed by atoms with van der Waals surface area (Å²) in [5.74, 6) is -0.239. The van der Waals surface area contributed by atoms with Gasteiger partial charge in [0.05, 0.1) is 6.10 Å². The van der Waals surface area contributed by atoms with Crippen molar-refractivity contribution in [3.8, 4) is 11.8 Å². The fourth-order valence-electron chi connectivity index (χ4n) is 1.31. The molecule has 2 N–H and O–H groups in total. The minimum atomic E-state index is -0.784. The Balaban J connectivity index is 3.25. The zero-order valence-corrected chi connectivity index (χ0v) is 10.9. The number of halogens is 1. The first kappa shape index (κ1) is 14.1. The lowest BCUT2D eigenvalue weighted by Crippen LogP contribution is -2.12. The van der Waals surface area contributed by atoms with Gasteiger partial charge in [0.15, 0.2) is 0 Å². The van der Waals surface area contributed by atoms with E-state index in [0.717, 1.165) is 0 Å². The summed E-state index contributed by atoms with van der Waals surface area (Å²) >= 11 is 5.88. The lowest BCUT2D eigenvalue weighted by Gasteiger charge is -2.12. The van der Waals surface area contributed by atoms with Gasteiger partial charge in [-0.25, -0.2) is 0 Å². The van der Waals surface area contributed by atoms with E-state index in [9.17, 15) is 4.79 Å². The maximum atomic E-state index is 11.0. The number of amides is 1. The largest absolute Gasteiger partial charge is 0.490 e. The van der Waals surface area contributed by atoms with Gasteiger partial charge in [-0.15, -0.1) is 0 Å². The first-order valence-electron chi connectivity index (χ1n) is 5.32. The maximum absolute atomic E-state index is 11.0. The average Bonchev–Trinajstić information content (AvgIpc) is 2.28. The molecule has 0 saturated heterocycles. The normalized spacial score (nSPS) is 11.2. The lowest BCUT2D eigenvalue weighted by atomic mass is 10.1. The van der Waals surface area contributed by atoms with Crippen molar-refractivity contribution in [2.24, 2.45) is 5.73 Å². The van der Waals surface area contributed by atoms with E-state index in [-0.39, 0.29) is 11.7 Å². The molecule has 1 amide bonds. The van der Waals surface area contributed by atoms with Gasteiger partial charge in [0.2, 0.25) is 0 Å². The van der Waals surface area contributed by atoms with Gasteiger partial charge in [-0.05, 0) is 38.1 Å². The smallest absolute Gasteiger partial charge is 0.259 e. The highest BCUT2D eigenvalue weighted by Gasteiger charge is 2.09. The van der Waals surface area contributed by atoms with Crippen LogP contribution in [0.3, 0.4) is 0 Å². The molecule has 0 radical (unpaired) electrons. The van der Waals surface area contributed by atoms with Crippen LogP contribution in [0, 0.1) is 11.3 Å². The quantitative estimate of drug-likeness (QED) is 0.671. The summed E-state index contributed by atoms with van der Waals surface area (Å²) in [5.41, 5.74) is 5.48. The van der Waals surface area contributed by atoms with Crippen LogP contribution in [0.15, 0.2) is 23.8 Å². The number of primary amides is 1. The number of benzene rings is 1. The second-order valence-corrected chi connectivity index (χ2v) is 4.32. The number of carbonyl (C=O) groups excluding carboxylic acids is 1. The Morgan fingerprint density at radius 3 is 2.72 bits per heavy atom. The van der Waals surface area contributed by atoms with Gasteiger partial charge in [0, 0.05) is 10.6 Å². The van der Waals surface area contributed by atoms with Crippen molar-refractivity contribution in [1.29, 1.82) is 5.26 Å². The third kappa shape index (κ3) is 3.79. The minimum absolute atomic E-state index is 0.0301. The Labute approximate surface area is 111 Å². The first-order chi connectivity index (χ1) is 8.43. The van der Waals surface area contributed by atoms with Crippen LogP contribution < -0.4 is 10.5 Å². The van der Waals surface area contributed by atoms with Gasteiger partial charge in [-0.3, -0.25) is 4.79 Å². The van der Waals surface area contributed by atoms with Crippen LogP contribution in [0.5, 0.6) is 5.75 Å². The summed E-state index contributed by atoms with van der Waals surface area (Å²) in [6.45, 7) is 3.75. The summed E-state index contributed by atoms with van der Waals surface area (Å²) < 4.78 is 5.56. The van der Waals surface area contributed by atoms with E-state index in [0.29, 0.717) is 16.3 Å². The number of nitriles is 1. The molecule has 0 fully saturated rings. The molecule has 0 aliphatic heterocycles. The molecule has 0 unspecified atom stereocenters. The number of nitrogens with zero attached hydrogens (tertiary/aromatic N) is 1. The van der Waals surface area contributed by atoms with Crippen molar-refractivity contribution in [2.45, 2.75) is 20.0 Å². The Bertz CT molecular complexity index is 530. The molecule has 0 atom stereocenters. The Kier molecular flexibility index (Phi) is 4.75. The van der Waals surface area contributed by atoms with Gasteiger partial charge in [-0.2, -0.15) is 5.26 Å². The van der Waals surface area contributed by atoms with Gasteiger partial charge < -0.3 is 10.5 Å². The second kappa shape index (κ2) is 6.08. The maximum Gasteiger partial charge on any atom is 0.259 e. The van der Waals surface area contributed by atoms with Crippen LogP contribution >= 0.6 is 11.6 Å². The van der Waals surface area contributed by atoms with Crippen LogP contribution in [-0.4, -0.2) is 12.0 Å². The standard InChI is InChI=1S/C13H13ClN2O2/c1-8(2)18-12-4-3-11(14)6-9(12)5-10(7-15)13(16)17/h3-6,8H,1-2H3,(H2,16,17)/b10-5+. The highest BCUT2D eigenvalue weighted by molar-refractivity contribution is 6.30. The minimum Gasteiger partial charge on any atom is -0.490 e. The molecule has 0 aliphatic rings. The van der Waals surface area contributed by atoms with Gasteiger partial charge in [0.25, 0.3) is 5.91 Å². The predicted molar refractivity (Wildman–Crippen MR) is 70.0 cm³/mol. The molecule has 1 aromatic rings. The average molecular weight is 265 g/mol. The molecule has 0 saturated carbocycles. The zero-order chi connectivity index (χ0) is 13.7. The van der Waals surface area contributed by atoms with E-state index in [1.54, 1.807) is 24.3 Å². The summed E-state index contributed by atoms with van der Waals surface area (Å²) in [7, 11) is 0. The van der Waals surface area contributed by atoms with E-state index in [1.807, 2.05) is 13.8 Å². The Hall–Kier alpha value is -1.99. The fourth-order valence-corrected chi connectivity index (χ4v) is 1.49. The van der Waals surface area contributed by atoms with Crippen LogP contribution in [0.1, 0.15) is 19.4 Å². The van der Waals surface area contributed by atoms with Crippen LogP contribution in [0.25, 0.3) is 6.08 Å². The molecule has 0 spiro atoms. The topological polar surface area (TPSA) is 76.1 Å². The first-order valence-corrected chi connectivity index (χ1v) is 5.69. The van der Waals surface area contributed by atoms with Crippen molar-refractivity contribution >= 4 is 23.6 Å². The second-order valence-electron chi connectivity index (χ2n) is 3.88. The predicted octanol–water partition coefficient (Wildman–Crippen LogP) is 2.52. The number of nitrogens with two attached hydrogens (primary N) is 1. The molecule has 4 nitrogen and oxygen atoms in total. The van der Waals surface area contributed by atoms with Crippen molar-refractivity contribution in [3.05, 3.63) is 34.4 Å². The molecule has 94 valence electrons. The monoisotopic (exact) mass is 264 g/mol. The number of carbonyl (C=O) groups is 1. The van der Waals surface area contributed by atoms with E-state index in [4.69, 9.17) is 27.3 Å². The van der Waals surface area contributed by atoms with Crippen molar-refractivity contribution in [1.82, 2.24) is 0 Å². The summed E-state index contributed by atoms with van der Waals surface area (Å²) in [6, 6.07) is 6.71. The molecular formula is C13H13ClN2O2. The fraction of sp³-hybridized carbons (Fsp3) is 0.231. The number of rotatable bonds is 4. The highest BCUT2D eigenvalue weighted by Crippen LogP contribution is 2.26. The third-order valence-electron chi connectivity index (χ3n) is 2.02. The molecule has 0 aromatic heterocycles. The SMILES string of the molecule is CC(C)Oc1ccc(Cl)cc1/C=C(\C#N)C(N)=O. The van der Waals surface area contributed by atoms with Crippen molar-refractivity contribution in [3.63, 3.8) is 0 Å².